The molecule has 0 spiro atoms. The van der Waals surface area contributed by atoms with E-state index in [-0.39, 0.29) is 5.69 Å². The lowest BCUT2D eigenvalue weighted by molar-refractivity contribution is 0.0691. The standard InChI is InChI=1S/C11H6ClF2N3O3/c12-8-5(14)2-1-4(13)7(8)10(18)16-6-3-15-17-9(6)11(19)20/h1-3H,(H,15,17)(H,16,18)(H,19,20). The molecule has 9 heteroatoms. The summed E-state index contributed by atoms with van der Waals surface area (Å²) in [5, 5.41) is 15.8. The molecule has 0 atom stereocenters. The molecule has 1 aromatic carbocycles. The summed E-state index contributed by atoms with van der Waals surface area (Å²) in [7, 11) is 0. The van der Waals surface area contributed by atoms with E-state index in [0.717, 1.165) is 18.3 Å². The molecular formula is C11H6ClF2N3O3. The molecule has 1 heterocycles. The van der Waals surface area contributed by atoms with Crippen LogP contribution < -0.4 is 5.32 Å². The Kier molecular flexibility index (Phi) is 3.66. The van der Waals surface area contributed by atoms with Crippen molar-refractivity contribution in [1.29, 1.82) is 0 Å². The van der Waals surface area contributed by atoms with Crippen LogP contribution in [0.15, 0.2) is 18.3 Å². The van der Waals surface area contributed by atoms with Gasteiger partial charge in [0.1, 0.15) is 11.6 Å². The molecule has 3 N–H and O–H groups in total. The number of rotatable bonds is 3. The Morgan fingerprint density at radius 2 is 1.95 bits per heavy atom. The largest absolute Gasteiger partial charge is 0.476 e. The first kappa shape index (κ1) is 13.9. The van der Waals surface area contributed by atoms with Crippen molar-refractivity contribution < 1.29 is 23.5 Å². The number of nitrogens with one attached hydrogen (secondary N) is 2. The van der Waals surface area contributed by atoms with Crippen molar-refractivity contribution in [3.8, 4) is 0 Å². The number of hydrogen-bond acceptors (Lipinski definition) is 3. The summed E-state index contributed by atoms with van der Waals surface area (Å²) in [5.74, 6) is -4.46. The van der Waals surface area contributed by atoms with Gasteiger partial charge in [0.2, 0.25) is 0 Å². The zero-order valence-corrected chi connectivity index (χ0v) is 10.3. The predicted octanol–water partition coefficient (Wildman–Crippen LogP) is 2.29. The third-order valence-electron chi connectivity index (χ3n) is 2.37. The molecule has 6 nitrogen and oxygen atoms in total. The maximum Gasteiger partial charge on any atom is 0.356 e. The average Bonchev–Trinajstić information content (AvgIpc) is 2.82. The lowest BCUT2D eigenvalue weighted by Gasteiger charge is -2.07. The van der Waals surface area contributed by atoms with Crippen molar-refractivity contribution >= 4 is 29.2 Å². The summed E-state index contributed by atoms with van der Waals surface area (Å²) in [6, 6.07) is 1.51. The summed E-state index contributed by atoms with van der Waals surface area (Å²) in [4.78, 5) is 22.7. The molecular weight excluding hydrogens is 296 g/mol. The summed E-state index contributed by atoms with van der Waals surface area (Å²) in [6.07, 6.45) is 1.02. The van der Waals surface area contributed by atoms with Crippen molar-refractivity contribution in [2.24, 2.45) is 0 Å². The zero-order chi connectivity index (χ0) is 14.9. The van der Waals surface area contributed by atoms with Gasteiger partial charge in [-0.05, 0) is 12.1 Å². The average molecular weight is 302 g/mol. The molecule has 0 radical (unpaired) electrons. The summed E-state index contributed by atoms with van der Waals surface area (Å²) in [5.41, 5.74) is -1.31. The minimum Gasteiger partial charge on any atom is -0.476 e. The number of amides is 1. The molecule has 2 aromatic rings. The fourth-order valence-corrected chi connectivity index (χ4v) is 1.70. The van der Waals surface area contributed by atoms with Crippen molar-refractivity contribution in [1.82, 2.24) is 10.2 Å². The van der Waals surface area contributed by atoms with Gasteiger partial charge in [-0.15, -0.1) is 0 Å². The smallest absolute Gasteiger partial charge is 0.356 e. The monoisotopic (exact) mass is 301 g/mol. The highest BCUT2D eigenvalue weighted by atomic mass is 35.5. The Hall–Kier alpha value is -2.48. The molecule has 104 valence electrons. The normalized spacial score (nSPS) is 10.3. The van der Waals surface area contributed by atoms with Gasteiger partial charge in [-0.3, -0.25) is 9.89 Å². The van der Waals surface area contributed by atoms with Gasteiger partial charge >= 0.3 is 5.97 Å². The first-order valence-electron chi connectivity index (χ1n) is 5.13. The van der Waals surface area contributed by atoms with Crippen LogP contribution in [-0.4, -0.2) is 27.2 Å². The molecule has 2 rings (SSSR count). The van der Waals surface area contributed by atoms with E-state index in [0.29, 0.717) is 0 Å². The Morgan fingerprint density at radius 3 is 2.60 bits per heavy atom. The zero-order valence-electron chi connectivity index (χ0n) is 9.58. The van der Waals surface area contributed by atoms with Gasteiger partial charge in [0, 0.05) is 0 Å². The van der Waals surface area contributed by atoms with Crippen LogP contribution in [0.3, 0.4) is 0 Å². The lowest BCUT2D eigenvalue weighted by Crippen LogP contribution is -2.16. The van der Waals surface area contributed by atoms with Crippen molar-refractivity contribution in [2.75, 3.05) is 5.32 Å². The molecule has 0 aliphatic heterocycles. The van der Waals surface area contributed by atoms with Gasteiger partial charge in [0.25, 0.3) is 5.91 Å². The number of carboxylic acid groups (broad SMARTS) is 1. The van der Waals surface area contributed by atoms with Crippen LogP contribution in [0.5, 0.6) is 0 Å². The maximum absolute atomic E-state index is 13.5. The Labute approximate surface area is 115 Å². The second-order valence-corrected chi connectivity index (χ2v) is 4.01. The van der Waals surface area contributed by atoms with Gasteiger partial charge < -0.3 is 10.4 Å². The third kappa shape index (κ3) is 2.45. The molecule has 0 saturated carbocycles. The van der Waals surface area contributed by atoms with E-state index in [1.54, 1.807) is 0 Å². The molecule has 0 aliphatic rings. The predicted molar refractivity (Wildman–Crippen MR) is 64.9 cm³/mol. The van der Waals surface area contributed by atoms with E-state index >= 15 is 0 Å². The molecule has 0 bridgehead atoms. The third-order valence-corrected chi connectivity index (χ3v) is 2.74. The van der Waals surface area contributed by atoms with Crippen LogP contribution in [0.1, 0.15) is 20.8 Å². The van der Waals surface area contributed by atoms with E-state index in [9.17, 15) is 18.4 Å². The topological polar surface area (TPSA) is 95.1 Å². The molecule has 1 amide bonds. The minimum atomic E-state index is -1.37. The van der Waals surface area contributed by atoms with Crippen LogP contribution in [0, 0.1) is 11.6 Å². The number of aromatic carboxylic acids is 1. The van der Waals surface area contributed by atoms with E-state index < -0.39 is 39.8 Å². The number of anilines is 1. The van der Waals surface area contributed by atoms with Crippen molar-refractivity contribution in [3.63, 3.8) is 0 Å². The van der Waals surface area contributed by atoms with Crippen LogP contribution in [-0.2, 0) is 0 Å². The summed E-state index contributed by atoms with van der Waals surface area (Å²) < 4.78 is 26.7. The van der Waals surface area contributed by atoms with E-state index in [2.05, 4.69) is 15.5 Å². The second-order valence-electron chi connectivity index (χ2n) is 3.64. The molecule has 20 heavy (non-hydrogen) atoms. The number of carboxylic acids is 1. The molecule has 1 aromatic heterocycles. The van der Waals surface area contributed by atoms with Crippen LogP contribution in [0.2, 0.25) is 5.02 Å². The fourth-order valence-electron chi connectivity index (χ4n) is 1.46. The quantitative estimate of drug-likeness (QED) is 0.758. The van der Waals surface area contributed by atoms with Gasteiger partial charge in [-0.1, -0.05) is 11.6 Å². The Bertz CT molecular complexity index is 702. The number of hydrogen-bond donors (Lipinski definition) is 3. The molecule has 0 aliphatic carbocycles. The van der Waals surface area contributed by atoms with E-state index in [1.807, 2.05) is 0 Å². The number of aromatic nitrogens is 2. The molecule has 0 unspecified atom stereocenters. The SMILES string of the molecule is O=C(O)c1[nH]ncc1NC(=O)c1c(F)ccc(F)c1Cl. The van der Waals surface area contributed by atoms with Crippen LogP contribution in [0.4, 0.5) is 14.5 Å². The molecule has 0 fully saturated rings. The van der Waals surface area contributed by atoms with E-state index in [1.165, 1.54) is 0 Å². The highest BCUT2D eigenvalue weighted by molar-refractivity contribution is 6.34. The second kappa shape index (κ2) is 5.25. The number of carbonyl (C=O) groups is 2. The first-order chi connectivity index (χ1) is 9.41. The number of H-pyrrole nitrogens is 1. The lowest BCUT2D eigenvalue weighted by atomic mass is 10.2. The Balaban J connectivity index is 2.36. The molecule has 0 saturated heterocycles. The van der Waals surface area contributed by atoms with Gasteiger partial charge in [-0.2, -0.15) is 5.10 Å². The summed E-state index contributed by atoms with van der Waals surface area (Å²) in [6.45, 7) is 0. The fraction of sp³-hybridized carbons (Fsp3) is 0. The van der Waals surface area contributed by atoms with Gasteiger partial charge in [0.15, 0.2) is 5.69 Å². The van der Waals surface area contributed by atoms with Gasteiger partial charge in [-0.25, -0.2) is 13.6 Å². The van der Waals surface area contributed by atoms with Crippen molar-refractivity contribution in [2.45, 2.75) is 0 Å². The first-order valence-corrected chi connectivity index (χ1v) is 5.51. The maximum atomic E-state index is 13.5. The van der Waals surface area contributed by atoms with Crippen molar-refractivity contribution in [3.05, 3.63) is 46.2 Å². The van der Waals surface area contributed by atoms with Crippen LogP contribution in [0.25, 0.3) is 0 Å². The highest BCUT2D eigenvalue weighted by Crippen LogP contribution is 2.24. The minimum absolute atomic E-state index is 0.192. The summed E-state index contributed by atoms with van der Waals surface area (Å²) >= 11 is 5.52. The Morgan fingerprint density at radius 1 is 1.30 bits per heavy atom. The number of carbonyl (C=O) groups excluding carboxylic acids is 1. The number of halogens is 3. The van der Waals surface area contributed by atoms with Crippen LogP contribution >= 0.6 is 11.6 Å². The number of aromatic amines is 1. The van der Waals surface area contributed by atoms with Gasteiger partial charge in [0.05, 0.1) is 22.5 Å². The van der Waals surface area contributed by atoms with E-state index in [4.69, 9.17) is 16.7 Å². The number of benzene rings is 1. The number of nitrogens with zero attached hydrogens (tertiary/aromatic N) is 1. The highest BCUT2D eigenvalue weighted by Gasteiger charge is 2.22.